The van der Waals surface area contributed by atoms with Crippen molar-refractivity contribution in [1.29, 1.82) is 0 Å². The quantitative estimate of drug-likeness (QED) is 0.899. The van der Waals surface area contributed by atoms with Crippen LogP contribution in [0.5, 0.6) is 0 Å². The molecule has 1 unspecified atom stereocenters. The van der Waals surface area contributed by atoms with Crippen LogP contribution in [0.4, 0.5) is 9.18 Å². The summed E-state index contributed by atoms with van der Waals surface area (Å²) in [7, 11) is 0. The van der Waals surface area contributed by atoms with Gasteiger partial charge in [-0.25, -0.2) is 9.18 Å². The van der Waals surface area contributed by atoms with Crippen molar-refractivity contribution in [2.24, 2.45) is 0 Å². The summed E-state index contributed by atoms with van der Waals surface area (Å²) in [6.07, 6.45) is 0. The number of carbonyl (C=O) groups is 1. The first kappa shape index (κ1) is 12.9. The Morgan fingerprint density at radius 2 is 2.32 bits per heavy atom. The average Bonchev–Trinajstić information content (AvgIpc) is 2.72. The molecule has 0 saturated carbocycles. The molecule has 1 atom stereocenters. The molecule has 0 aromatic heterocycles. The zero-order valence-electron chi connectivity index (χ0n) is 10.4. The minimum atomic E-state index is -0.274. The first-order chi connectivity index (χ1) is 9.15. The fraction of sp³-hybridized carbons (Fsp3) is 0.462. The molecule has 2 aliphatic heterocycles. The number of fused-ring (bicyclic) bond motifs is 1. The molecule has 1 aromatic carbocycles. The molecule has 102 valence electrons. The topological polar surface area (TPSA) is 35.6 Å². The predicted octanol–water partition coefficient (Wildman–Crippen LogP) is 1.80. The Hall–Kier alpha value is -1.14. The molecule has 2 aliphatic rings. The van der Waals surface area contributed by atoms with Crippen molar-refractivity contribution in [2.75, 3.05) is 26.2 Å². The number of carbonyl (C=O) groups excluding carboxylic acids is 1. The van der Waals surface area contributed by atoms with Gasteiger partial charge >= 0.3 is 6.03 Å². The van der Waals surface area contributed by atoms with Crippen LogP contribution in [0.1, 0.15) is 5.56 Å². The van der Waals surface area contributed by atoms with Gasteiger partial charge in [0.25, 0.3) is 0 Å². The molecule has 2 saturated heterocycles. The van der Waals surface area contributed by atoms with Gasteiger partial charge in [-0.15, -0.1) is 0 Å². The van der Waals surface area contributed by atoms with Gasteiger partial charge in [0.1, 0.15) is 5.82 Å². The second kappa shape index (κ2) is 5.09. The Kier molecular flexibility index (Phi) is 3.45. The number of amides is 2. The number of hydrogen-bond acceptors (Lipinski definition) is 2. The third kappa shape index (κ3) is 2.47. The van der Waals surface area contributed by atoms with E-state index in [0.717, 1.165) is 29.7 Å². The second-order valence-corrected chi connectivity index (χ2v) is 5.80. The van der Waals surface area contributed by atoms with E-state index in [1.165, 1.54) is 12.1 Å². The maximum atomic E-state index is 13.3. The third-order valence-corrected chi connectivity index (χ3v) is 4.44. The number of urea groups is 1. The Balaban J connectivity index is 1.76. The van der Waals surface area contributed by atoms with Crippen LogP contribution in [0.2, 0.25) is 0 Å². The zero-order valence-corrected chi connectivity index (χ0v) is 12.0. The highest BCUT2D eigenvalue weighted by molar-refractivity contribution is 9.10. The standard InChI is InChI=1S/C13H15BrFN3O/c14-12-2-1-10(15)5-9(12)7-17-8-11-6-16-3-4-18(11)13(17)19/h1-2,5,11,16H,3-4,6-8H2. The molecule has 4 nitrogen and oxygen atoms in total. The highest BCUT2D eigenvalue weighted by atomic mass is 79.9. The minimum absolute atomic E-state index is 0.0580. The van der Waals surface area contributed by atoms with E-state index in [2.05, 4.69) is 21.2 Å². The number of hydrogen-bond donors (Lipinski definition) is 1. The molecular formula is C13H15BrFN3O. The number of rotatable bonds is 2. The van der Waals surface area contributed by atoms with Crippen molar-refractivity contribution in [3.63, 3.8) is 0 Å². The van der Waals surface area contributed by atoms with Gasteiger partial charge in [-0.3, -0.25) is 0 Å². The highest BCUT2D eigenvalue weighted by Crippen LogP contribution is 2.24. The highest BCUT2D eigenvalue weighted by Gasteiger charge is 2.38. The first-order valence-corrected chi connectivity index (χ1v) is 7.14. The fourth-order valence-corrected chi connectivity index (χ4v) is 3.06. The lowest BCUT2D eigenvalue weighted by Crippen LogP contribution is -2.49. The summed E-state index contributed by atoms with van der Waals surface area (Å²) in [5, 5.41) is 3.29. The summed E-state index contributed by atoms with van der Waals surface area (Å²) in [4.78, 5) is 16.0. The van der Waals surface area contributed by atoms with Crippen LogP contribution in [-0.4, -0.2) is 48.1 Å². The van der Waals surface area contributed by atoms with Crippen molar-refractivity contribution >= 4 is 22.0 Å². The molecule has 2 amide bonds. The lowest BCUT2D eigenvalue weighted by Gasteiger charge is -2.28. The largest absolute Gasteiger partial charge is 0.320 e. The van der Waals surface area contributed by atoms with E-state index in [1.54, 1.807) is 11.0 Å². The van der Waals surface area contributed by atoms with E-state index in [1.807, 2.05) is 4.90 Å². The van der Waals surface area contributed by atoms with Gasteiger partial charge in [0, 0.05) is 37.2 Å². The van der Waals surface area contributed by atoms with Gasteiger partial charge in [-0.05, 0) is 23.8 Å². The summed E-state index contributed by atoms with van der Waals surface area (Å²) < 4.78 is 14.1. The summed E-state index contributed by atoms with van der Waals surface area (Å²) in [6.45, 7) is 3.59. The van der Waals surface area contributed by atoms with Gasteiger partial charge in [0.2, 0.25) is 0 Å². The number of piperazine rings is 1. The number of halogens is 2. The average molecular weight is 328 g/mol. The van der Waals surface area contributed by atoms with E-state index >= 15 is 0 Å². The van der Waals surface area contributed by atoms with Crippen LogP contribution in [0.15, 0.2) is 22.7 Å². The zero-order chi connectivity index (χ0) is 13.4. The van der Waals surface area contributed by atoms with Crippen LogP contribution in [0.3, 0.4) is 0 Å². The van der Waals surface area contributed by atoms with Gasteiger partial charge in [0.15, 0.2) is 0 Å². The fourth-order valence-electron chi connectivity index (χ4n) is 2.69. The Labute approximate surface area is 119 Å². The smallest absolute Gasteiger partial charge is 0.318 e. The van der Waals surface area contributed by atoms with Crippen LogP contribution < -0.4 is 5.32 Å². The Morgan fingerprint density at radius 3 is 3.11 bits per heavy atom. The summed E-state index contributed by atoms with van der Waals surface area (Å²) in [6, 6.07) is 4.87. The third-order valence-electron chi connectivity index (χ3n) is 3.67. The van der Waals surface area contributed by atoms with E-state index in [4.69, 9.17) is 0 Å². The van der Waals surface area contributed by atoms with Crippen molar-refractivity contribution in [1.82, 2.24) is 15.1 Å². The molecule has 2 fully saturated rings. The van der Waals surface area contributed by atoms with Crippen LogP contribution in [0, 0.1) is 5.82 Å². The van der Waals surface area contributed by atoms with Crippen molar-refractivity contribution in [2.45, 2.75) is 12.6 Å². The lowest BCUT2D eigenvalue weighted by atomic mass is 10.2. The molecule has 0 radical (unpaired) electrons. The van der Waals surface area contributed by atoms with Gasteiger partial charge in [-0.1, -0.05) is 15.9 Å². The molecule has 1 aromatic rings. The lowest BCUT2D eigenvalue weighted by molar-refractivity contribution is 0.178. The Bertz CT molecular complexity index is 511. The van der Waals surface area contributed by atoms with Gasteiger partial charge in [0.05, 0.1) is 6.04 Å². The maximum Gasteiger partial charge on any atom is 0.320 e. The van der Waals surface area contributed by atoms with Crippen LogP contribution in [0.25, 0.3) is 0 Å². The van der Waals surface area contributed by atoms with Gasteiger partial charge in [-0.2, -0.15) is 0 Å². The molecule has 0 bridgehead atoms. The van der Waals surface area contributed by atoms with Crippen LogP contribution >= 0.6 is 15.9 Å². The normalized spacial score (nSPS) is 22.8. The van der Waals surface area contributed by atoms with Crippen LogP contribution in [-0.2, 0) is 6.54 Å². The first-order valence-electron chi connectivity index (χ1n) is 6.35. The molecule has 2 heterocycles. The number of nitrogens with zero attached hydrogens (tertiary/aromatic N) is 2. The molecule has 1 N–H and O–H groups in total. The molecule has 0 aliphatic carbocycles. The maximum absolute atomic E-state index is 13.3. The summed E-state index contributed by atoms with van der Waals surface area (Å²) in [5.41, 5.74) is 0.807. The van der Waals surface area contributed by atoms with E-state index in [9.17, 15) is 9.18 Å². The second-order valence-electron chi connectivity index (χ2n) is 4.95. The van der Waals surface area contributed by atoms with E-state index in [-0.39, 0.29) is 17.9 Å². The molecule has 19 heavy (non-hydrogen) atoms. The number of benzene rings is 1. The minimum Gasteiger partial charge on any atom is -0.318 e. The van der Waals surface area contributed by atoms with Crippen molar-refractivity contribution < 1.29 is 9.18 Å². The molecule has 6 heteroatoms. The van der Waals surface area contributed by atoms with E-state index < -0.39 is 0 Å². The number of nitrogens with one attached hydrogen (secondary N) is 1. The molecular weight excluding hydrogens is 313 g/mol. The molecule has 0 spiro atoms. The van der Waals surface area contributed by atoms with Gasteiger partial charge < -0.3 is 15.1 Å². The monoisotopic (exact) mass is 327 g/mol. The summed E-state index contributed by atoms with van der Waals surface area (Å²) in [5.74, 6) is -0.274. The molecule has 3 rings (SSSR count). The van der Waals surface area contributed by atoms with Crippen molar-refractivity contribution in [3.8, 4) is 0 Å². The van der Waals surface area contributed by atoms with Crippen molar-refractivity contribution in [3.05, 3.63) is 34.1 Å². The Morgan fingerprint density at radius 1 is 1.47 bits per heavy atom. The summed E-state index contributed by atoms with van der Waals surface area (Å²) >= 11 is 3.40. The SMILES string of the molecule is O=C1N(Cc2cc(F)ccc2Br)CC2CNCCN12. The predicted molar refractivity (Wildman–Crippen MR) is 73.3 cm³/mol. The van der Waals surface area contributed by atoms with E-state index in [0.29, 0.717) is 13.1 Å².